The molecule has 8 nitrogen and oxygen atoms in total. The number of halogens is 4. The molecule has 1 heterocycles. The molecule has 4 N–H and O–H groups in total. The number of aliphatic hydroxyl groups is 1. The second-order valence-electron chi connectivity index (χ2n) is 6.83. The van der Waals surface area contributed by atoms with Crippen LogP contribution in [0.4, 0.5) is 35.0 Å². The molecular weight excluding hydrogens is 410 g/mol. The summed E-state index contributed by atoms with van der Waals surface area (Å²) in [7, 11) is 2.43. The van der Waals surface area contributed by atoms with E-state index in [9.17, 15) is 27.5 Å². The van der Waals surface area contributed by atoms with Crippen LogP contribution in [0, 0.1) is 5.82 Å². The van der Waals surface area contributed by atoms with Gasteiger partial charge in [-0.3, -0.25) is 4.79 Å². The van der Waals surface area contributed by atoms with Crippen molar-refractivity contribution in [1.29, 1.82) is 0 Å². The Balaban J connectivity index is 2.33. The summed E-state index contributed by atoms with van der Waals surface area (Å²) < 4.78 is 58.7. The highest BCUT2D eigenvalue weighted by Gasteiger charge is 2.35. The molecule has 2 aromatic rings. The molecule has 30 heavy (non-hydrogen) atoms. The van der Waals surface area contributed by atoms with E-state index in [1.807, 2.05) is 0 Å². The molecule has 0 radical (unpaired) electrons. The molecule has 0 saturated carbocycles. The molecule has 0 aliphatic carbocycles. The first-order valence-corrected chi connectivity index (χ1v) is 8.63. The number of hydrogen-bond donors (Lipinski definition) is 4. The number of nitrogens with one attached hydrogen (secondary N) is 3. The number of nitrogens with zero attached hydrogens (tertiary/aromatic N) is 2. The molecule has 1 amide bonds. The minimum absolute atomic E-state index is 0.00384. The van der Waals surface area contributed by atoms with Gasteiger partial charge in [0.05, 0.1) is 24.0 Å². The lowest BCUT2D eigenvalue weighted by atomic mass is 10.1. The normalized spacial score (nSPS) is 11.8. The molecule has 0 unspecified atom stereocenters. The zero-order chi connectivity index (χ0) is 22.7. The Hall–Kier alpha value is -3.15. The van der Waals surface area contributed by atoms with Crippen LogP contribution in [0.25, 0.3) is 0 Å². The number of hydrogen-bond acceptors (Lipinski definition) is 7. The van der Waals surface area contributed by atoms with Crippen molar-refractivity contribution in [3.63, 3.8) is 0 Å². The predicted octanol–water partition coefficient (Wildman–Crippen LogP) is 2.93. The van der Waals surface area contributed by atoms with Crippen LogP contribution < -0.4 is 20.7 Å². The number of benzene rings is 1. The molecule has 1 aromatic heterocycles. The summed E-state index contributed by atoms with van der Waals surface area (Å²) in [5.41, 5.74) is -2.60. The number of rotatable bonds is 7. The van der Waals surface area contributed by atoms with Gasteiger partial charge >= 0.3 is 6.18 Å². The minimum atomic E-state index is -4.65. The number of anilines is 3. The second-order valence-corrected chi connectivity index (χ2v) is 6.83. The molecule has 0 atom stereocenters. The van der Waals surface area contributed by atoms with Crippen LogP contribution in [-0.2, 0) is 6.18 Å². The lowest BCUT2D eigenvalue weighted by molar-refractivity contribution is -0.137. The summed E-state index contributed by atoms with van der Waals surface area (Å²) in [4.78, 5) is 19.5. The van der Waals surface area contributed by atoms with E-state index in [1.54, 1.807) is 0 Å². The topological polar surface area (TPSA) is 108 Å². The number of ether oxygens (including phenoxy) is 1. The van der Waals surface area contributed by atoms with Gasteiger partial charge in [0.15, 0.2) is 11.6 Å². The van der Waals surface area contributed by atoms with Crippen molar-refractivity contribution in [2.24, 2.45) is 0 Å². The summed E-state index contributed by atoms with van der Waals surface area (Å²) in [5, 5.41) is 17.0. The Labute approximate surface area is 169 Å². The van der Waals surface area contributed by atoms with Gasteiger partial charge in [-0.15, -0.1) is 0 Å². The first kappa shape index (κ1) is 23.1. The van der Waals surface area contributed by atoms with Crippen molar-refractivity contribution in [2.75, 3.05) is 31.3 Å². The van der Waals surface area contributed by atoms with Gasteiger partial charge in [0.2, 0.25) is 5.95 Å². The lowest BCUT2D eigenvalue weighted by Crippen LogP contribution is -2.38. The van der Waals surface area contributed by atoms with Crippen molar-refractivity contribution >= 4 is 23.4 Å². The molecule has 1 aromatic carbocycles. The molecule has 0 spiro atoms. The maximum absolute atomic E-state index is 14.8. The summed E-state index contributed by atoms with van der Waals surface area (Å²) in [6.07, 6.45) is -4.07. The molecule has 0 aliphatic heterocycles. The highest BCUT2D eigenvalue weighted by Crippen LogP contribution is 2.35. The number of alkyl halides is 3. The van der Waals surface area contributed by atoms with Gasteiger partial charge in [-0.25, -0.2) is 9.37 Å². The predicted molar refractivity (Wildman–Crippen MR) is 101 cm³/mol. The highest BCUT2D eigenvalue weighted by atomic mass is 19.4. The summed E-state index contributed by atoms with van der Waals surface area (Å²) in [6.45, 7) is 2.83. The second kappa shape index (κ2) is 8.69. The van der Waals surface area contributed by atoms with E-state index in [-0.39, 0.29) is 29.5 Å². The molecule has 0 saturated heterocycles. The maximum Gasteiger partial charge on any atom is 0.421 e. The van der Waals surface area contributed by atoms with Gasteiger partial charge in [0.1, 0.15) is 11.4 Å². The highest BCUT2D eigenvalue weighted by molar-refractivity contribution is 5.95. The number of methoxy groups -OCH3 is 1. The van der Waals surface area contributed by atoms with Gasteiger partial charge < -0.3 is 25.8 Å². The van der Waals surface area contributed by atoms with E-state index in [4.69, 9.17) is 4.74 Å². The first-order valence-electron chi connectivity index (χ1n) is 8.63. The van der Waals surface area contributed by atoms with Gasteiger partial charge in [-0.2, -0.15) is 18.2 Å². The van der Waals surface area contributed by atoms with Crippen molar-refractivity contribution in [2.45, 2.75) is 25.6 Å². The fourth-order valence-electron chi connectivity index (χ4n) is 2.38. The number of aromatic nitrogens is 2. The fourth-order valence-corrected chi connectivity index (χ4v) is 2.38. The van der Waals surface area contributed by atoms with Crippen molar-refractivity contribution in [3.05, 3.63) is 35.3 Å². The first-order chi connectivity index (χ1) is 13.9. The fraction of sp³-hybridized carbons (Fsp3) is 0.389. The van der Waals surface area contributed by atoms with Crippen molar-refractivity contribution in [1.82, 2.24) is 15.3 Å². The summed E-state index contributed by atoms with van der Waals surface area (Å²) in [6, 6.07) is 2.45. The zero-order valence-corrected chi connectivity index (χ0v) is 16.6. The standard InChI is InChI=1S/C18H21F4N5O3/c1-17(2,29)8-25-15(28)9-5-6-11(13(30-4)12(9)19)26-16-24-7-10(18(20,21)22)14(23-3)27-16/h5-7,29H,8H2,1-4H3,(H,25,28)(H2,23,24,26,27). The van der Waals surface area contributed by atoms with Crippen LogP contribution in [0.5, 0.6) is 5.75 Å². The molecule has 12 heteroatoms. The molecule has 0 aliphatic rings. The van der Waals surface area contributed by atoms with Gasteiger partial charge in [-0.1, -0.05) is 0 Å². The average molecular weight is 431 g/mol. The molecular formula is C18H21F4N5O3. The number of carbonyl (C=O) groups is 1. The van der Waals surface area contributed by atoms with Crippen LogP contribution in [0.15, 0.2) is 18.3 Å². The SMILES string of the molecule is CNc1nc(Nc2ccc(C(=O)NCC(C)(C)O)c(F)c2OC)ncc1C(F)(F)F. The van der Waals surface area contributed by atoms with Gasteiger partial charge in [0, 0.05) is 19.8 Å². The van der Waals surface area contributed by atoms with Crippen molar-refractivity contribution < 1.29 is 32.2 Å². The van der Waals surface area contributed by atoms with Crippen LogP contribution in [0.3, 0.4) is 0 Å². The smallest absolute Gasteiger partial charge is 0.421 e. The van der Waals surface area contributed by atoms with E-state index in [2.05, 4.69) is 25.9 Å². The van der Waals surface area contributed by atoms with Crippen LogP contribution in [0.1, 0.15) is 29.8 Å². The van der Waals surface area contributed by atoms with E-state index in [0.29, 0.717) is 6.20 Å². The van der Waals surface area contributed by atoms with Crippen LogP contribution in [0.2, 0.25) is 0 Å². The van der Waals surface area contributed by atoms with E-state index < -0.39 is 34.9 Å². The third-order valence-corrected chi connectivity index (χ3v) is 3.80. The third kappa shape index (κ3) is 5.47. The quantitative estimate of drug-likeness (QED) is 0.499. The lowest BCUT2D eigenvalue weighted by Gasteiger charge is -2.18. The Morgan fingerprint density at radius 3 is 2.47 bits per heavy atom. The molecule has 2 rings (SSSR count). The Morgan fingerprint density at radius 2 is 1.93 bits per heavy atom. The average Bonchev–Trinajstić information content (AvgIpc) is 2.65. The maximum atomic E-state index is 14.8. The molecule has 0 fully saturated rings. The van der Waals surface area contributed by atoms with E-state index >= 15 is 0 Å². The van der Waals surface area contributed by atoms with Gasteiger partial charge in [0.25, 0.3) is 5.91 Å². The summed E-state index contributed by atoms with van der Waals surface area (Å²) in [5.74, 6) is -2.86. The zero-order valence-electron chi connectivity index (χ0n) is 16.6. The van der Waals surface area contributed by atoms with E-state index in [0.717, 1.165) is 13.2 Å². The number of carbonyl (C=O) groups excluding carboxylic acids is 1. The minimum Gasteiger partial charge on any atom is -0.492 e. The van der Waals surface area contributed by atoms with Crippen molar-refractivity contribution in [3.8, 4) is 5.75 Å². The number of amides is 1. The molecule has 0 bridgehead atoms. The molecule has 164 valence electrons. The van der Waals surface area contributed by atoms with Crippen LogP contribution in [-0.4, -0.2) is 47.3 Å². The summed E-state index contributed by atoms with van der Waals surface area (Å²) >= 11 is 0. The monoisotopic (exact) mass is 431 g/mol. The van der Waals surface area contributed by atoms with Crippen LogP contribution >= 0.6 is 0 Å². The van der Waals surface area contributed by atoms with E-state index in [1.165, 1.54) is 27.0 Å². The Bertz CT molecular complexity index is 929. The Morgan fingerprint density at radius 1 is 1.27 bits per heavy atom. The Kier molecular flexibility index (Phi) is 6.70. The third-order valence-electron chi connectivity index (χ3n) is 3.80. The van der Waals surface area contributed by atoms with Gasteiger partial charge in [-0.05, 0) is 26.0 Å². The largest absolute Gasteiger partial charge is 0.492 e.